The van der Waals surface area contributed by atoms with Gasteiger partial charge >= 0.3 is 0 Å². The van der Waals surface area contributed by atoms with Gasteiger partial charge in [0.05, 0.1) is 11.3 Å². The largest absolute Gasteiger partial charge is 0.356 e. The number of aryl methyl sites for hydroxylation is 1. The maximum atomic E-state index is 13.9. The Hall–Kier alpha value is -2.08. The fraction of sp³-hybridized carbons (Fsp3) is 0.133. The molecule has 0 aromatic heterocycles. The lowest BCUT2D eigenvalue weighted by Crippen LogP contribution is -2.47. The van der Waals surface area contributed by atoms with Crippen LogP contribution in [-0.4, -0.2) is 11.4 Å². The molecule has 3 nitrogen and oxygen atoms in total. The maximum Gasteiger partial charge on any atom is 0.262 e. The van der Waals surface area contributed by atoms with E-state index < -0.39 is 28.7 Å². The summed E-state index contributed by atoms with van der Waals surface area (Å²) in [5, 5.41) is 3.00. The van der Waals surface area contributed by atoms with Gasteiger partial charge < -0.3 is 5.32 Å². The molecule has 0 saturated carbocycles. The summed E-state index contributed by atoms with van der Waals surface area (Å²) < 4.78 is 27.9. The number of nitrogens with one attached hydrogen (secondary N) is 1. The number of carbonyl (C=O) groups excluding carboxylic acids is 1. The molecule has 1 heterocycles. The molecule has 2 aromatic rings. The van der Waals surface area contributed by atoms with E-state index in [2.05, 4.69) is 17.9 Å². The fourth-order valence-corrected chi connectivity index (χ4v) is 2.76. The summed E-state index contributed by atoms with van der Waals surface area (Å²) in [5.74, 6) is -2.10. The number of carbonyl (C=O) groups is 1. The number of anilines is 2. The van der Waals surface area contributed by atoms with Gasteiger partial charge in [-0.05, 0) is 30.7 Å². The highest BCUT2D eigenvalue weighted by Gasteiger charge is 2.34. The molecule has 21 heavy (non-hydrogen) atoms. The van der Waals surface area contributed by atoms with E-state index in [0.717, 1.165) is 22.6 Å². The highest BCUT2D eigenvalue weighted by atomic mass is 32.1. The second kappa shape index (κ2) is 5.04. The molecule has 1 N–H and O–H groups in total. The fourth-order valence-electron chi connectivity index (χ4n) is 2.42. The van der Waals surface area contributed by atoms with Gasteiger partial charge in [-0.1, -0.05) is 18.2 Å². The Bertz CT molecular complexity index is 715. The lowest BCUT2D eigenvalue weighted by molar-refractivity contribution is 0.0981. The molecule has 0 fully saturated rings. The smallest absolute Gasteiger partial charge is 0.262 e. The van der Waals surface area contributed by atoms with Crippen LogP contribution in [-0.2, 0) is 0 Å². The molecule has 3 rings (SSSR count). The lowest BCUT2D eigenvalue weighted by atomic mass is 10.0. The summed E-state index contributed by atoms with van der Waals surface area (Å²) >= 11 is 4.25. The average molecular weight is 306 g/mol. The molecule has 1 atom stereocenters. The molecule has 108 valence electrons. The lowest BCUT2D eigenvalue weighted by Gasteiger charge is -2.36. The number of thiol groups is 1. The number of fused-ring (bicyclic) bond motifs is 1. The minimum atomic E-state index is -0.850. The Labute approximate surface area is 126 Å². The normalized spacial score (nSPS) is 17.4. The Balaban J connectivity index is 2.16. The van der Waals surface area contributed by atoms with Gasteiger partial charge in [-0.2, -0.15) is 0 Å². The Kier molecular flexibility index (Phi) is 3.33. The minimum Gasteiger partial charge on any atom is -0.356 e. The van der Waals surface area contributed by atoms with Crippen LogP contribution >= 0.6 is 12.6 Å². The van der Waals surface area contributed by atoms with E-state index in [9.17, 15) is 13.6 Å². The van der Waals surface area contributed by atoms with Crippen molar-refractivity contribution in [2.45, 2.75) is 12.4 Å². The first-order chi connectivity index (χ1) is 10.0. The number of nitrogens with zero attached hydrogens (tertiary/aromatic N) is 1. The van der Waals surface area contributed by atoms with Crippen molar-refractivity contribution in [3.05, 3.63) is 59.2 Å². The molecule has 0 spiro atoms. The molecular formula is C15H12F2N2OS. The van der Waals surface area contributed by atoms with Crippen molar-refractivity contribution >= 4 is 29.9 Å². The molecule has 0 aliphatic carbocycles. The van der Waals surface area contributed by atoms with Crippen molar-refractivity contribution < 1.29 is 13.6 Å². The zero-order chi connectivity index (χ0) is 15.1. The molecule has 0 saturated heterocycles. The molecule has 1 aliphatic heterocycles. The van der Waals surface area contributed by atoms with Crippen LogP contribution in [0.4, 0.5) is 20.2 Å². The molecule has 6 heteroatoms. The molecule has 1 amide bonds. The summed E-state index contributed by atoms with van der Waals surface area (Å²) in [5.41, 5.74) is 0.617. The summed E-state index contributed by atoms with van der Waals surface area (Å²) in [6.07, 6.45) is 0. The molecule has 1 aliphatic rings. The first-order valence-electron chi connectivity index (χ1n) is 6.32. The quantitative estimate of drug-likeness (QED) is 0.790. The van der Waals surface area contributed by atoms with Crippen molar-refractivity contribution in [3.8, 4) is 0 Å². The van der Waals surface area contributed by atoms with Crippen LogP contribution in [0.15, 0.2) is 36.4 Å². The molecule has 0 radical (unpaired) electrons. The monoisotopic (exact) mass is 306 g/mol. The first kappa shape index (κ1) is 13.9. The van der Waals surface area contributed by atoms with Crippen LogP contribution < -0.4 is 10.2 Å². The van der Waals surface area contributed by atoms with Gasteiger partial charge in [0.15, 0.2) is 5.50 Å². The predicted octanol–water partition coefficient (Wildman–Crippen LogP) is 3.56. The van der Waals surface area contributed by atoms with E-state index in [1.165, 1.54) is 6.07 Å². The number of hydrogen-bond acceptors (Lipinski definition) is 3. The molecule has 2 aromatic carbocycles. The third kappa shape index (κ3) is 2.15. The van der Waals surface area contributed by atoms with Gasteiger partial charge in [-0.15, -0.1) is 12.6 Å². The SMILES string of the molecule is Cc1cccc2c1NC(S)N(c1c(F)cccc1F)C2=O. The van der Waals surface area contributed by atoms with E-state index >= 15 is 0 Å². The van der Waals surface area contributed by atoms with Gasteiger partial charge in [0.25, 0.3) is 5.91 Å². The van der Waals surface area contributed by atoms with E-state index in [4.69, 9.17) is 0 Å². The number of para-hydroxylation sites is 2. The van der Waals surface area contributed by atoms with Crippen molar-refractivity contribution in [1.82, 2.24) is 0 Å². The van der Waals surface area contributed by atoms with Crippen LogP contribution in [0.1, 0.15) is 15.9 Å². The first-order valence-corrected chi connectivity index (χ1v) is 6.84. The summed E-state index contributed by atoms with van der Waals surface area (Å²) in [7, 11) is 0. The number of hydrogen-bond donors (Lipinski definition) is 2. The molecular weight excluding hydrogens is 294 g/mol. The van der Waals surface area contributed by atoms with Gasteiger partial charge in [0, 0.05) is 0 Å². The van der Waals surface area contributed by atoms with Gasteiger partial charge in [0.2, 0.25) is 0 Å². The van der Waals surface area contributed by atoms with Crippen molar-refractivity contribution in [3.63, 3.8) is 0 Å². The van der Waals surface area contributed by atoms with Crippen molar-refractivity contribution in [1.29, 1.82) is 0 Å². The highest BCUT2D eigenvalue weighted by Crippen LogP contribution is 2.35. The van der Waals surface area contributed by atoms with E-state index in [-0.39, 0.29) is 0 Å². The molecule has 0 bridgehead atoms. The third-order valence-corrected chi connectivity index (χ3v) is 3.78. The highest BCUT2D eigenvalue weighted by molar-refractivity contribution is 7.81. The van der Waals surface area contributed by atoms with E-state index in [1.54, 1.807) is 12.1 Å². The molecule has 1 unspecified atom stereocenters. The minimum absolute atomic E-state index is 0.364. The van der Waals surface area contributed by atoms with Gasteiger partial charge in [-0.3, -0.25) is 9.69 Å². The van der Waals surface area contributed by atoms with Crippen molar-refractivity contribution in [2.75, 3.05) is 10.2 Å². The van der Waals surface area contributed by atoms with E-state index in [1.807, 2.05) is 13.0 Å². The van der Waals surface area contributed by atoms with Gasteiger partial charge in [-0.25, -0.2) is 8.78 Å². The standard InChI is InChI=1S/C15H12F2N2OS/c1-8-4-2-5-9-12(8)18-15(21)19(14(9)20)13-10(16)6-3-7-11(13)17/h2-7,15,18,21H,1H3. The Morgan fingerprint density at radius 1 is 1.14 bits per heavy atom. The van der Waals surface area contributed by atoms with Crippen molar-refractivity contribution in [2.24, 2.45) is 0 Å². The van der Waals surface area contributed by atoms with Crippen LogP contribution in [0.5, 0.6) is 0 Å². The third-order valence-electron chi connectivity index (χ3n) is 3.42. The van der Waals surface area contributed by atoms with E-state index in [0.29, 0.717) is 11.3 Å². The zero-order valence-corrected chi connectivity index (χ0v) is 12.0. The summed E-state index contributed by atoms with van der Waals surface area (Å²) in [6, 6.07) is 8.65. The average Bonchev–Trinajstić information content (AvgIpc) is 2.43. The van der Waals surface area contributed by atoms with Crippen LogP contribution in [0.3, 0.4) is 0 Å². The summed E-state index contributed by atoms with van der Waals surface area (Å²) in [4.78, 5) is 13.6. The second-order valence-electron chi connectivity index (χ2n) is 4.76. The zero-order valence-electron chi connectivity index (χ0n) is 11.1. The number of rotatable bonds is 1. The van der Waals surface area contributed by atoms with Crippen LogP contribution in [0.2, 0.25) is 0 Å². The Morgan fingerprint density at radius 3 is 2.43 bits per heavy atom. The summed E-state index contributed by atoms with van der Waals surface area (Å²) in [6.45, 7) is 1.85. The van der Waals surface area contributed by atoms with Crippen LogP contribution in [0.25, 0.3) is 0 Å². The number of benzene rings is 2. The topological polar surface area (TPSA) is 32.3 Å². The Morgan fingerprint density at radius 2 is 1.76 bits per heavy atom. The second-order valence-corrected chi connectivity index (χ2v) is 5.25. The van der Waals surface area contributed by atoms with Crippen LogP contribution in [0, 0.1) is 18.6 Å². The maximum absolute atomic E-state index is 13.9. The number of amides is 1. The number of halogens is 2. The predicted molar refractivity (Wildman–Crippen MR) is 80.7 cm³/mol. The van der Waals surface area contributed by atoms with Gasteiger partial charge in [0.1, 0.15) is 17.3 Å².